The first-order chi connectivity index (χ1) is 12.5. The highest BCUT2D eigenvalue weighted by Crippen LogP contribution is 2.34. The molecule has 2 aromatic heterocycles. The van der Waals surface area contributed by atoms with Gasteiger partial charge in [-0.2, -0.15) is 4.98 Å². The summed E-state index contributed by atoms with van der Waals surface area (Å²) in [7, 11) is 0. The minimum atomic E-state index is -0.857. The lowest BCUT2D eigenvalue weighted by atomic mass is 9.74. The van der Waals surface area contributed by atoms with E-state index >= 15 is 0 Å². The number of aromatic nitrogens is 3. The van der Waals surface area contributed by atoms with Crippen LogP contribution in [0.15, 0.2) is 28.9 Å². The maximum absolute atomic E-state index is 12.3. The third-order valence-electron chi connectivity index (χ3n) is 4.86. The van der Waals surface area contributed by atoms with E-state index in [4.69, 9.17) is 4.52 Å². The molecule has 8 heteroatoms. The highest BCUT2D eigenvalue weighted by molar-refractivity contribution is 5.79. The number of carbonyl (C=O) groups is 2. The average Bonchev–Trinajstić information content (AvgIpc) is 3.09. The average molecular weight is 358 g/mol. The van der Waals surface area contributed by atoms with E-state index in [-0.39, 0.29) is 12.3 Å². The third kappa shape index (κ3) is 4.07. The fourth-order valence-electron chi connectivity index (χ4n) is 3.44. The first kappa shape index (κ1) is 18.0. The van der Waals surface area contributed by atoms with Gasteiger partial charge in [-0.15, -0.1) is 0 Å². The van der Waals surface area contributed by atoms with Gasteiger partial charge in [0.2, 0.25) is 17.6 Å². The summed E-state index contributed by atoms with van der Waals surface area (Å²) in [6, 6.07) is 5.40. The number of aliphatic carboxylic acids is 1. The van der Waals surface area contributed by atoms with E-state index in [9.17, 15) is 14.7 Å². The zero-order chi connectivity index (χ0) is 18.6. The minimum Gasteiger partial charge on any atom is -0.481 e. The van der Waals surface area contributed by atoms with Crippen LogP contribution in [0.5, 0.6) is 0 Å². The molecule has 26 heavy (non-hydrogen) atoms. The van der Waals surface area contributed by atoms with Gasteiger partial charge in [-0.25, -0.2) is 0 Å². The Kier molecular flexibility index (Phi) is 5.29. The number of hydrogen-bond acceptors (Lipinski definition) is 6. The second-order valence-corrected chi connectivity index (χ2v) is 6.83. The van der Waals surface area contributed by atoms with Gasteiger partial charge < -0.3 is 14.9 Å². The van der Waals surface area contributed by atoms with Crippen molar-refractivity contribution in [2.24, 2.45) is 5.92 Å². The van der Waals surface area contributed by atoms with Crippen LogP contribution in [0.4, 0.5) is 0 Å². The molecular weight excluding hydrogens is 336 g/mol. The molecule has 1 amide bonds. The number of nitrogens with zero attached hydrogens (tertiary/aromatic N) is 3. The van der Waals surface area contributed by atoms with Crippen molar-refractivity contribution in [3.8, 4) is 11.5 Å². The number of carboxylic acids is 1. The predicted molar refractivity (Wildman–Crippen MR) is 92.0 cm³/mol. The number of hydrogen-bond donors (Lipinski definition) is 2. The molecule has 3 rings (SSSR count). The van der Waals surface area contributed by atoms with Crippen molar-refractivity contribution in [3.63, 3.8) is 0 Å². The van der Waals surface area contributed by atoms with Gasteiger partial charge in [0.1, 0.15) is 5.69 Å². The monoisotopic (exact) mass is 358 g/mol. The molecule has 2 aromatic rings. The molecule has 0 spiro atoms. The molecule has 1 saturated carbocycles. The van der Waals surface area contributed by atoms with Gasteiger partial charge in [0.05, 0.1) is 11.5 Å². The smallest absolute Gasteiger partial charge is 0.308 e. The SMILES string of the molecule is CC1(NC(=O)CCc2nc(-c3ccccn3)no2)CCCCC1C(=O)O. The number of aryl methyl sites for hydroxylation is 1. The molecule has 2 heterocycles. The highest BCUT2D eigenvalue weighted by Gasteiger charge is 2.42. The Morgan fingerprint density at radius 1 is 1.38 bits per heavy atom. The maximum Gasteiger partial charge on any atom is 0.308 e. The molecule has 2 atom stereocenters. The summed E-state index contributed by atoms with van der Waals surface area (Å²) in [6.45, 7) is 1.81. The van der Waals surface area contributed by atoms with Crippen molar-refractivity contribution in [3.05, 3.63) is 30.3 Å². The van der Waals surface area contributed by atoms with Crippen molar-refractivity contribution in [2.45, 2.75) is 51.0 Å². The second kappa shape index (κ2) is 7.63. The maximum atomic E-state index is 12.3. The molecule has 0 radical (unpaired) electrons. The van der Waals surface area contributed by atoms with Gasteiger partial charge in [0.25, 0.3) is 0 Å². The van der Waals surface area contributed by atoms with Crippen LogP contribution in [-0.4, -0.2) is 37.6 Å². The van der Waals surface area contributed by atoms with Gasteiger partial charge >= 0.3 is 5.97 Å². The summed E-state index contributed by atoms with van der Waals surface area (Å²) < 4.78 is 5.17. The summed E-state index contributed by atoms with van der Waals surface area (Å²) in [5.74, 6) is -0.891. The van der Waals surface area contributed by atoms with Crippen molar-refractivity contribution in [2.75, 3.05) is 0 Å². The number of amides is 1. The Labute approximate surface area is 151 Å². The lowest BCUT2D eigenvalue weighted by molar-refractivity contribution is -0.146. The zero-order valence-electron chi connectivity index (χ0n) is 14.6. The molecule has 0 saturated heterocycles. The number of pyridine rings is 1. The van der Waals surface area contributed by atoms with Crippen LogP contribution in [-0.2, 0) is 16.0 Å². The lowest BCUT2D eigenvalue weighted by Gasteiger charge is -2.39. The van der Waals surface area contributed by atoms with Crippen LogP contribution in [0.25, 0.3) is 11.5 Å². The molecule has 0 aromatic carbocycles. The number of carboxylic acid groups (broad SMARTS) is 1. The molecule has 2 unspecified atom stereocenters. The van der Waals surface area contributed by atoms with E-state index in [0.717, 1.165) is 12.8 Å². The molecule has 1 aliphatic carbocycles. The van der Waals surface area contributed by atoms with Crippen molar-refractivity contribution >= 4 is 11.9 Å². The minimum absolute atomic E-state index is 0.159. The molecule has 1 fully saturated rings. The molecule has 138 valence electrons. The van der Waals surface area contributed by atoms with E-state index in [1.165, 1.54) is 0 Å². The van der Waals surface area contributed by atoms with E-state index in [2.05, 4.69) is 20.4 Å². The number of carbonyl (C=O) groups excluding carboxylic acids is 1. The summed E-state index contributed by atoms with van der Waals surface area (Å²) >= 11 is 0. The Bertz CT molecular complexity index is 777. The lowest BCUT2D eigenvalue weighted by Crippen LogP contribution is -2.55. The fraction of sp³-hybridized carbons (Fsp3) is 0.500. The normalized spacial score (nSPS) is 22.7. The number of nitrogens with one attached hydrogen (secondary N) is 1. The summed E-state index contributed by atoms with van der Waals surface area (Å²) in [6.07, 6.45) is 5.13. The molecule has 1 aliphatic rings. The van der Waals surface area contributed by atoms with E-state index in [0.29, 0.717) is 36.7 Å². The Morgan fingerprint density at radius 3 is 2.96 bits per heavy atom. The molecule has 8 nitrogen and oxygen atoms in total. The Morgan fingerprint density at radius 2 is 2.23 bits per heavy atom. The van der Waals surface area contributed by atoms with E-state index in [1.807, 2.05) is 13.0 Å². The van der Waals surface area contributed by atoms with Crippen LogP contribution >= 0.6 is 0 Å². The van der Waals surface area contributed by atoms with Crippen LogP contribution in [0.1, 0.15) is 44.9 Å². The van der Waals surface area contributed by atoms with Gasteiger partial charge in [-0.3, -0.25) is 14.6 Å². The van der Waals surface area contributed by atoms with Crippen LogP contribution in [0.3, 0.4) is 0 Å². The molecule has 0 aliphatic heterocycles. The quantitative estimate of drug-likeness (QED) is 0.812. The van der Waals surface area contributed by atoms with Crippen LogP contribution in [0, 0.1) is 5.92 Å². The number of rotatable bonds is 6. The van der Waals surface area contributed by atoms with Crippen molar-refractivity contribution in [1.29, 1.82) is 0 Å². The van der Waals surface area contributed by atoms with E-state index < -0.39 is 17.4 Å². The Balaban J connectivity index is 1.57. The third-order valence-corrected chi connectivity index (χ3v) is 4.86. The molecular formula is C18H22N4O4. The molecule has 0 bridgehead atoms. The van der Waals surface area contributed by atoms with Crippen molar-refractivity contribution in [1.82, 2.24) is 20.4 Å². The summed E-state index contributed by atoms with van der Waals surface area (Å²) in [5, 5.41) is 16.2. The van der Waals surface area contributed by atoms with Crippen LogP contribution in [0.2, 0.25) is 0 Å². The van der Waals surface area contributed by atoms with Crippen molar-refractivity contribution < 1.29 is 19.2 Å². The van der Waals surface area contributed by atoms with Gasteiger partial charge in [-0.1, -0.05) is 24.1 Å². The fourth-order valence-corrected chi connectivity index (χ4v) is 3.44. The Hall–Kier alpha value is -2.77. The zero-order valence-corrected chi connectivity index (χ0v) is 14.6. The highest BCUT2D eigenvalue weighted by atomic mass is 16.5. The predicted octanol–water partition coefficient (Wildman–Crippen LogP) is 2.21. The van der Waals surface area contributed by atoms with Gasteiger partial charge in [0.15, 0.2) is 0 Å². The van der Waals surface area contributed by atoms with Gasteiger partial charge in [0, 0.05) is 19.0 Å². The first-order valence-corrected chi connectivity index (χ1v) is 8.76. The van der Waals surface area contributed by atoms with Crippen LogP contribution < -0.4 is 5.32 Å². The largest absolute Gasteiger partial charge is 0.481 e. The van der Waals surface area contributed by atoms with Gasteiger partial charge in [-0.05, 0) is 31.9 Å². The summed E-state index contributed by atoms with van der Waals surface area (Å²) in [4.78, 5) is 32.2. The standard InChI is InChI=1S/C18H22N4O4/c1-18(10-4-2-6-12(18)17(24)25)21-14(23)8-9-15-20-16(22-26-15)13-7-3-5-11-19-13/h3,5,7,11-12H,2,4,6,8-10H2,1H3,(H,21,23)(H,24,25). The second-order valence-electron chi connectivity index (χ2n) is 6.83. The molecule has 2 N–H and O–H groups in total. The summed E-state index contributed by atoms with van der Waals surface area (Å²) in [5.41, 5.74) is -0.110. The topological polar surface area (TPSA) is 118 Å². The first-order valence-electron chi connectivity index (χ1n) is 8.76. The van der Waals surface area contributed by atoms with E-state index in [1.54, 1.807) is 18.3 Å².